The molecule has 0 spiro atoms. The third kappa shape index (κ3) is 5.98. The van der Waals surface area contributed by atoms with E-state index in [4.69, 9.17) is 14.2 Å². The molecule has 2 N–H and O–H groups in total. The minimum Gasteiger partial charge on any atom is -0.497 e. The molecule has 0 saturated carbocycles. The molecule has 2 heterocycles. The number of esters is 1. The second-order valence-electron chi connectivity index (χ2n) is 8.82. The number of amides is 2. The fourth-order valence-electron chi connectivity index (χ4n) is 4.61. The Kier molecular flexibility index (Phi) is 8.45. The molecule has 2 amide bonds. The molecule has 1 fully saturated rings. The summed E-state index contributed by atoms with van der Waals surface area (Å²) in [6.07, 6.45) is 0. The number of likely N-dealkylation sites (N-methyl/N-ethyl adjacent to an activating group) is 1. The molecule has 9 heteroatoms. The van der Waals surface area contributed by atoms with Crippen LogP contribution in [0.5, 0.6) is 5.75 Å². The Morgan fingerprint density at radius 3 is 2.53 bits per heavy atom. The summed E-state index contributed by atoms with van der Waals surface area (Å²) in [6.45, 7) is 6.15. The highest BCUT2D eigenvalue weighted by molar-refractivity contribution is 5.95. The molecule has 2 aliphatic rings. The van der Waals surface area contributed by atoms with Gasteiger partial charge in [-0.1, -0.05) is 30.3 Å². The van der Waals surface area contributed by atoms with Gasteiger partial charge in [-0.25, -0.2) is 9.59 Å². The summed E-state index contributed by atoms with van der Waals surface area (Å²) < 4.78 is 16.2. The van der Waals surface area contributed by atoms with Gasteiger partial charge >= 0.3 is 12.0 Å². The minimum absolute atomic E-state index is 0.238. The summed E-state index contributed by atoms with van der Waals surface area (Å²) >= 11 is 0. The molecule has 2 aromatic carbocycles. The predicted molar refractivity (Wildman–Crippen MR) is 137 cm³/mol. The van der Waals surface area contributed by atoms with Crippen molar-refractivity contribution in [3.05, 3.63) is 70.9 Å². The first kappa shape index (κ1) is 25.5. The molecule has 2 aliphatic heterocycles. The number of ether oxygens (including phenoxy) is 3. The fraction of sp³-hybridized carbons (Fsp3) is 0.407. The zero-order valence-corrected chi connectivity index (χ0v) is 21.1. The number of rotatable bonds is 9. The molecule has 1 atom stereocenters. The highest BCUT2D eigenvalue weighted by atomic mass is 16.5. The molecule has 0 aromatic heterocycles. The van der Waals surface area contributed by atoms with E-state index in [0.29, 0.717) is 43.3 Å². The molecule has 2 aromatic rings. The van der Waals surface area contributed by atoms with Gasteiger partial charge in [0.15, 0.2) is 0 Å². The summed E-state index contributed by atoms with van der Waals surface area (Å²) in [4.78, 5) is 30.1. The third-order valence-electron chi connectivity index (χ3n) is 6.31. The van der Waals surface area contributed by atoms with Crippen molar-refractivity contribution in [1.82, 2.24) is 15.5 Å². The van der Waals surface area contributed by atoms with E-state index in [9.17, 15) is 9.59 Å². The van der Waals surface area contributed by atoms with E-state index in [1.165, 1.54) is 11.3 Å². The van der Waals surface area contributed by atoms with Gasteiger partial charge in [-0.05, 0) is 43.3 Å². The van der Waals surface area contributed by atoms with Gasteiger partial charge in [0.2, 0.25) is 0 Å². The average molecular weight is 495 g/mol. The van der Waals surface area contributed by atoms with E-state index >= 15 is 0 Å². The Morgan fingerprint density at radius 1 is 1.11 bits per heavy atom. The molecular formula is C27H34N4O5. The molecule has 36 heavy (non-hydrogen) atoms. The van der Waals surface area contributed by atoms with Crippen LogP contribution >= 0.6 is 0 Å². The number of benzene rings is 2. The number of para-hydroxylation sites is 1. The zero-order valence-electron chi connectivity index (χ0n) is 21.1. The van der Waals surface area contributed by atoms with Gasteiger partial charge in [0, 0.05) is 37.6 Å². The van der Waals surface area contributed by atoms with E-state index < -0.39 is 12.0 Å². The highest BCUT2D eigenvalue weighted by Crippen LogP contribution is 2.30. The van der Waals surface area contributed by atoms with Gasteiger partial charge in [0.1, 0.15) is 5.75 Å². The molecule has 0 bridgehead atoms. The standard InChI is InChI=1S/C27H34N4O5/c1-4-36-26(32)24-22(28-27(33)29-25(24)19-9-11-21(34-3)12-10-19)18-30(2)17-20-7-5-6-8-23(20)31-13-15-35-16-14-31/h5-12,25H,4,13-18H2,1-3H3,(H2,28,29,33)/t25-/m1/s1. The Labute approximate surface area is 212 Å². The van der Waals surface area contributed by atoms with Crippen molar-refractivity contribution in [2.75, 3.05) is 58.5 Å². The number of methoxy groups -OCH3 is 1. The molecule has 9 nitrogen and oxygen atoms in total. The number of morpholine rings is 1. The second-order valence-corrected chi connectivity index (χ2v) is 8.82. The third-order valence-corrected chi connectivity index (χ3v) is 6.31. The van der Waals surface area contributed by atoms with Crippen LogP contribution in [0.15, 0.2) is 59.8 Å². The van der Waals surface area contributed by atoms with Crippen LogP contribution in [0.4, 0.5) is 10.5 Å². The zero-order chi connectivity index (χ0) is 25.5. The number of nitrogens with one attached hydrogen (secondary N) is 2. The van der Waals surface area contributed by atoms with E-state index in [-0.39, 0.29) is 12.6 Å². The van der Waals surface area contributed by atoms with Crippen molar-refractivity contribution >= 4 is 17.7 Å². The molecule has 0 radical (unpaired) electrons. The van der Waals surface area contributed by atoms with Crippen LogP contribution in [-0.2, 0) is 20.8 Å². The van der Waals surface area contributed by atoms with E-state index in [2.05, 4.69) is 32.6 Å². The molecule has 0 unspecified atom stereocenters. The Bertz CT molecular complexity index is 1100. The smallest absolute Gasteiger partial charge is 0.338 e. The number of hydrogen-bond acceptors (Lipinski definition) is 7. The summed E-state index contributed by atoms with van der Waals surface area (Å²) in [6, 6.07) is 14.6. The molecule has 192 valence electrons. The minimum atomic E-state index is -0.632. The van der Waals surface area contributed by atoms with Gasteiger partial charge in [-0.2, -0.15) is 0 Å². The summed E-state index contributed by atoms with van der Waals surface area (Å²) in [5.41, 5.74) is 4.05. The van der Waals surface area contributed by atoms with Crippen molar-refractivity contribution < 1.29 is 23.8 Å². The van der Waals surface area contributed by atoms with Crippen LogP contribution in [-0.4, -0.2) is 70.5 Å². The summed E-state index contributed by atoms with van der Waals surface area (Å²) in [5, 5.41) is 5.74. The Morgan fingerprint density at radius 2 is 1.83 bits per heavy atom. The summed E-state index contributed by atoms with van der Waals surface area (Å²) in [5.74, 6) is 0.238. The Hall–Kier alpha value is -3.56. The van der Waals surface area contributed by atoms with Crippen LogP contribution in [0.2, 0.25) is 0 Å². The van der Waals surface area contributed by atoms with Crippen LogP contribution < -0.4 is 20.3 Å². The lowest BCUT2D eigenvalue weighted by atomic mass is 9.95. The van der Waals surface area contributed by atoms with Crippen molar-refractivity contribution in [2.24, 2.45) is 0 Å². The van der Waals surface area contributed by atoms with E-state index in [1.807, 2.05) is 31.3 Å². The van der Waals surface area contributed by atoms with Crippen LogP contribution in [0.1, 0.15) is 24.1 Å². The lowest BCUT2D eigenvalue weighted by molar-refractivity contribution is -0.139. The fourth-order valence-corrected chi connectivity index (χ4v) is 4.61. The van der Waals surface area contributed by atoms with Crippen LogP contribution in [0.3, 0.4) is 0 Å². The SMILES string of the molecule is CCOC(=O)C1=C(CN(C)Cc2ccccc2N2CCOCC2)NC(=O)N[C@@H]1c1ccc(OC)cc1. The van der Waals surface area contributed by atoms with Crippen molar-refractivity contribution in [1.29, 1.82) is 0 Å². The van der Waals surface area contributed by atoms with E-state index in [0.717, 1.165) is 18.7 Å². The molecule has 0 aliphatic carbocycles. The maximum Gasteiger partial charge on any atom is 0.338 e. The number of carbonyl (C=O) groups excluding carboxylic acids is 2. The van der Waals surface area contributed by atoms with Crippen LogP contribution in [0, 0.1) is 0 Å². The molecular weight excluding hydrogens is 460 g/mol. The highest BCUT2D eigenvalue weighted by Gasteiger charge is 2.34. The van der Waals surface area contributed by atoms with Crippen molar-refractivity contribution in [3.8, 4) is 5.75 Å². The Balaban J connectivity index is 1.61. The first-order valence-corrected chi connectivity index (χ1v) is 12.2. The van der Waals surface area contributed by atoms with Gasteiger partial charge in [-0.3, -0.25) is 4.90 Å². The summed E-state index contributed by atoms with van der Waals surface area (Å²) in [7, 11) is 3.57. The van der Waals surface area contributed by atoms with E-state index in [1.54, 1.807) is 26.2 Å². The lowest BCUT2D eigenvalue weighted by Gasteiger charge is -2.33. The average Bonchev–Trinajstić information content (AvgIpc) is 2.89. The number of anilines is 1. The maximum atomic E-state index is 13.1. The van der Waals surface area contributed by atoms with Gasteiger partial charge in [0.25, 0.3) is 0 Å². The molecule has 4 rings (SSSR count). The number of hydrogen-bond donors (Lipinski definition) is 2. The largest absolute Gasteiger partial charge is 0.497 e. The van der Waals surface area contributed by atoms with Crippen molar-refractivity contribution in [2.45, 2.75) is 19.5 Å². The monoisotopic (exact) mass is 494 g/mol. The normalized spacial score (nSPS) is 18.1. The molecule has 1 saturated heterocycles. The number of nitrogens with zero attached hydrogens (tertiary/aromatic N) is 2. The van der Waals surface area contributed by atoms with Crippen LogP contribution in [0.25, 0.3) is 0 Å². The number of urea groups is 1. The number of carbonyl (C=O) groups is 2. The predicted octanol–water partition coefficient (Wildman–Crippen LogP) is 2.83. The maximum absolute atomic E-state index is 13.1. The van der Waals surface area contributed by atoms with Gasteiger partial charge < -0.3 is 29.7 Å². The first-order valence-electron chi connectivity index (χ1n) is 12.2. The van der Waals surface area contributed by atoms with Gasteiger partial charge in [0.05, 0.1) is 38.5 Å². The topological polar surface area (TPSA) is 92.4 Å². The first-order chi connectivity index (χ1) is 17.5. The second kappa shape index (κ2) is 11.9. The van der Waals surface area contributed by atoms with Gasteiger partial charge in [-0.15, -0.1) is 0 Å². The lowest BCUT2D eigenvalue weighted by Crippen LogP contribution is -2.48. The van der Waals surface area contributed by atoms with Crippen molar-refractivity contribution in [3.63, 3.8) is 0 Å². The quantitative estimate of drug-likeness (QED) is 0.518.